The second-order valence-electron chi connectivity index (χ2n) is 3.90. The van der Waals surface area contributed by atoms with E-state index in [4.69, 9.17) is 10.4 Å². The molecular formula is C12H10N4O3S. The molecule has 0 atom stereocenters. The Hall–Kier alpha value is -2.37. The van der Waals surface area contributed by atoms with Gasteiger partial charge in [0.05, 0.1) is 23.4 Å². The summed E-state index contributed by atoms with van der Waals surface area (Å²) in [6, 6.07) is 6.17. The minimum absolute atomic E-state index is 0.0234. The zero-order valence-electron chi connectivity index (χ0n) is 10.5. The summed E-state index contributed by atoms with van der Waals surface area (Å²) in [5, 5.41) is 29.4. The van der Waals surface area contributed by atoms with E-state index >= 15 is 0 Å². The SMILES string of the molecule is Cn1c(CO)cnc1Sc1ccc(C#N)c([N+](=O)[O-])c1. The third-order valence-electron chi connectivity index (χ3n) is 2.70. The van der Waals surface area contributed by atoms with Crippen LogP contribution in [-0.4, -0.2) is 19.6 Å². The summed E-state index contributed by atoms with van der Waals surface area (Å²) in [5.74, 6) is 0. The largest absolute Gasteiger partial charge is 0.390 e. The van der Waals surface area contributed by atoms with Crippen molar-refractivity contribution in [1.82, 2.24) is 9.55 Å². The summed E-state index contributed by atoms with van der Waals surface area (Å²) in [6.07, 6.45) is 1.54. The maximum absolute atomic E-state index is 10.9. The lowest BCUT2D eigenvalue weighted by molar-refractivity contribution is -0.385. The van der Waals surface area contributed by atoms with Crippen molar-refractivity contribution in [2.45, 2.75) is 16.7 Å². The van der Waals surface area contributed by atoms with Gasteiger partial charge in [0.1, 0.15) is 11.6 Å². The van der Waals surface area contributed by atoms with Crippen LogP contribution in [0.4, 0.5) is 5.69 Å². The van der Waals surface area contributed by atoms with Gasteiger partial charge in [-0.1, -0.05) is 11.8 Å². The van der Waals surface area contributed by atoms with Gasteiger partial charge in [-0.3, -0.25) is 10.1 Å². The summed E-state index contributed by atoms with van der Waals surface area (Å²) < 4.78 is 1.70. The number of hydrogen-bond donors (Lipinski definition) is 1. The van der Waals surface area contributed by atoms with Crippen LogP contribution in [-0.2, 0) is 13.7 Å². The molecule has 20 heavy (non-hydrogen) atoms. The molecule has 2 aromatic rings. The number of nitro benzene ring substituents is 1. The smallest absolute Gasteiger partial charge is 0.288 e. The standard InChI is InChI=1S/C12H10N4O3S/c1-15-9(7-17)6-14-12(15)20-10-3-2-8(5-13)11(4-10)16(18)19/h2-4,6,17H,7H2,1H3. The van der Waals surface area contributed by atoms with E-state index in [0.29, 0.717) is 15.7 Å². The lowest BCUT2D eigenvalue weighted by Crippen LogP contribution is -1.97. The average molecular weight is 290 g/mol. The number of nitrogens with zero attached hydrogens (tertiary/aromatic N) is 4. The number of nitriles is 1. The lowest BCUT2D eigenvalue weighted by atomic mass is 10.2. The van der Waals surface area contributed by atoms with Gasteiger partial charge in [0.25, 0.3) is 5.69 Å². The van der Waals surface area contributed by atoms with Gasteiger partial charge in [-0.05, 0) is 12.1 Å². The van der Waals surface area contributed by atoms with E-state index in [9.17, 15) is 10.1 Å². The van der Waals surface area contributed by atoms with Crippen LogP contribution < -0.4 is 0 Å². The topological polar surface area (TPSA) is 105 Å². The van der Waals surface area contributed by atoms with Gasteiger partial charge in [0, 0.05) is 18.0 Å². The van der Waals surface area contributed by atoms with Crippen molar-refractivity contribution in [1.29, 1.82) is 5.26 Å². The summed E-state index contributed by atoms with van der Waals surface area (Å²) in [7, 11) is 1.75. The Balaban J connectivity index is 2.35. The number of aliphatic hydroxyl groups excluding tert-OH is 1. The van der Waals surface area contributed by atoms with Gasteiger partial charge in [0.2, 0.25) is 0 Å². The Kier molecular flexibility index (Phi) is 4.02. The highest BCUT2D eigenvalue weighted by atomic mass is 32.2. The van der Waals surface area contributed by atoms with Gasteiger partial charge in [-0.25, -0.2) is 4.98 Å². The van der Waals surface area contributed by atoms with Crippen molar-refractivity contribution in [3.63, 3.8) is 0 Å². The van der Waals surface area contributed by atoms with Gasteiger partial charge in [-0.2, -0.15) is 5.26 Å². The highest BCUT2D eigenvalue weighted by Gasteiger charge is 2.16. The van der Waals surface area contributed by atoms with E-state index in [1.807, 2.05) is 0 Å². The predicted octanol–water partition coefficient (Wildman–Crippen LogP) is 1.84. The highest BCUT2D eigenvalue weighted by Crippen LogP contribution is 2.31. The first-order valence-corrected chi connectivity index (χ1v) is 6.36. The number of rotatable bonds is 4. The lowest BCUT2D eigenvalue weighted by Gasteiger charge is -2.04. The minimum atomic E-state index is -0.583. The number of imidazole rings is 1. The van der Waals surface area contributed by atoms with Crippen LogP contribution in [0.1, 0.15) is 11.3 Å². The van der Waals surface area contributed by atoms with Crippen LogP contribution in [0.15, 0.2) is 34.4 Å². The van der Waals surface area contributed by atoms with Crippen molar-refractivity contribution in [2.24, 2.45) is 7.05 Å². The molecule has 0 saturated carbocycles. The van der Waals surface area contributed by atoms with Crippen LogP contribution in [0.5, 0.6) is 0 Å². The number of hydrogen-bond acceptors (Lipinski definition) is 6. The van der Waals surface area contributed by atoms with Crippen molar-refractivity contribution in [3.05, 3.63) is 45.8 Å². The fraction of sp³-hybridized carbons (Fsp3) is 0.167. The van der Waals surface area contributed by atoms with Crippen molar-refractivity contribution in [2.75, 3.05) is 0 Å². The fourth-order valence-corrected chi connectivity index (χ4v) is 2.47. The molecular weight excluding hydrogens is 280 g/mol. The van der Waals surface area contributed by atoms with Crippen LogP contribution in [0.3, 0.4) is 0 Å². The van der Waals surface area contributed by atoms with E-state index in [1.54, 1.807) is 29.9 Å². The molecule has 0 aliphatic carbocycles. The third-order valence-corrected chi connectivity index (χ3v) is 3.75. The Bertz CT molecular complexity index is 705. The molecule has 2 rings (SSSR count). The van der Waals surface area contributed by atoms with Crippen molar-refractivity contribution >= 4 is 17.4 Å². The Morgan fingerprint density at radius 2 is 2.35 bits per heavy atom. The molecule has 0 spiro atoms. The molecule has 1 heterocycles. The summed E-state index contributed by atoms with van der Waals surface area (Å²) in [6.45, 7) is -0.127. The molecule has 0 fully saturated rings. The first-order chi connectivity index (χ1) is 9.56. The monoisotopic (exact) mass is 290 g/mol. The van der Waals surface area contributed by atoms with Crippen molar-refractivity contribution in [3.8, 4) is 6.07 Å². The Morgan fingerprint density at radius 1 is 1.60 bits per heavy atom. The van der Waals surface area contributed by atoms with Gasteiger partial charge in [-0.15, -0.1) is 0 Å². The molecule has 8 heteroatoms. The van der Waals surface area contributed by atoms with E-state index in [0.717, 1.165) is 0 Å². The second-order valence-corrected chi connectivity index (χ2v) is 4.94. The molecule has 0 amide bonds. The van der Waals surface area contributed by atoms with E-state index in [2.05, 4.69) is 4.98 Å². The van der Waals surface area contributed by atoms with Crippen LogP contribution in [0.25, 0.3) is 0 Å². The molecule has 0 saturated heterocycles. The summed E-state index contributed by atoms with van der Waals surface area (Å²) in [4.78, 5) is 15.0. The molecule has 1 aromatic carbocycles. The van der Waals surface area contributed by atoms with Crippen LogP contribution in [0.2, 0.25) is 0 Å². The minimum Gasteiger partial charge on any atom is -0.390 e. The summed E-state index contributed by atoms with van der Waals surface area (Å²) >= 11 is 1.23. The summed E-state index contributed by atoms with van der Waals surface area (Å²) in [5.41, 5.74) is 0.444. The third kappa shape index (κ3) is 2.64. The molecule has 0 aliphatic rings. The molecule has 0 unspecified atom stereocenters. The zero-order valence-corrected chi connectivity index (χ0v) is 11.3. The Morgan fingerprint density at radius 3 is 2.90 bits per heavy atom. The normalized spacial score (nSPS) is 10.2. The van der Waals surface area contributed by atoms with Crippen LogP contribution >= 0.6 is 11.8 Å². The maximum Gasteiger partial charge on any atom is 0.288 e. The maximum atomic E-state index is 10.9. The highest BCUT2D eigenvalue weighted by molar-refractivity contribution is 7.99. The van der Waals surface area contributed by atoms with Gasteiger partial charge in [0.15, 0.2) is 5.16 Å². The van der Waals surface area contributed by atoms with E-state index < -0.39 is 4.92 Å². The average Bonchev–Trinajstić information content (AvgIpc) is 2.79. The molecule has 0 radical (unpaired) electrons. The first kappa shape index (κ1) is 14.0. The van der Waals surface area contributed by atoms with E-state index in [1.165, 1.54) is 23.9 Å². The first-order valence-electron chi connectivity index (χ1n) is 5.54. The Labute approximate surface area is 118 Å². The van der Waals surface area contributed by atoms with Gasteiger partial charge < -0.3 is 9.67 Å². The number of aromatic nitrogens is 2. The molecule has 7 nitrogen and oxygen atoms in total. The molecule has 1 aromatic heterocycles. The van der Waals surface area contributed by atoms with Crippen molar-refractivity contribution < 1.29 is 10.0 Å². The van der Waals surface area contributed by atoms with E-state index in [-0.39, 0.29) is 17.9 Å². The number of aliphatic hydroxyl groups is 1. The molecule has 1 N–H and O–H groups in total. The molecule has 0 aliphatic heterocycles. The predicted molar refractivity (Wildman–Crippen MR) is 71.1 cm³/mol. The molecule has 0 bridgehead atoms. The number of benzene rings is 1. The fourth-order valence-electron chi connectivity index (χ4n) is 1.59. The number of nitro groups is 1. The second kappa shape index (κ2) is 5.73. The zero-order chi connectivity index (χ0) is 14.7. The molecule has 102 valence electrons. The van der Waals surface area contributed by atoms with Crippen LogP contribution in [0, 0.1) is 21.4 Å². The quantitative estimate of drug-likeness (QED) is 0.680. The van der Waals surface area contributed by atoms with Gasteiger partial charge >= 0.3 is 0 Å².